The minimum absolute atomic E-state index is 0.0283. The summed E-state index contributed by atoms with van der Waals surface area (Å²) in [6, 6.07) is 10.4. The zero-order valence-corrected chi connectivity index (χ0v) is 11.3. The van der Waals surface area contributed by atoms with E-state index in [0.717, 1.165) is 6.54 Å². The molecule has 1 aromatic rings. The predicted molar refractivity (Wildman–Crippen MR) is 72.8 cm³/mol. The summed E-state index contributed by atoms with van der Waals surface area (Å²) in [7, 11) is 0. The Morgan fingerprint density at radius 1 is 1.42 bits per heavy atom. The molecule has 104 valence electrons. The number of hydrogen-bond donors (Lipinski definition) is 1. The van der Waals surface area contributed by atoms with E-state index < -0.39 is 0 Å². The molecule has 0 aliphatic carbocycles. The molecule has 2 rings (SSSR count). The van der Waals surface area contributed by atoms with Gasteiger partial charge in [-0.1, -0.05) is 30.3 Å². The van der Waals surface area contributed by atoms with Gasteiger partial charge in [-0.3, -0.25) is 4.79 Å². The zero-order valence-electron chi connectivity index (χ0n) is 11.3. The second kappa shape index (κ2) is 7.26. The molecule has 1 aliphatic heterocycles. The summed E-state index contributed by atoms with van der Waals surface area (Å²) >= 11 is 0. The maximum atomic E-state index is 11.4. The highest BCUT2D eigenvalue weighted by atomic mass is 16.5. The van der Waals surface area contributed by atoms with Crippen LogP contribution in [0, 0.1) is 0 Å². The van der Waals surface area contributed by atoms with E-state index in [-0.39, 0.29) is 18.1 Å². The van der Waals surface area contributed by atoms with Gasteiger partial charge in [0.05, 0.1) is 25.4 Å². The molecule has 0 radical (unpaired) electrons. The first kappa shape index (κ1) is 14.0. The molecule has 4 heteroatoms. The maximum absolute atomic E-state index is 11.4. The van der Waals surface area contributed by atoms with Gasteiger partial charge in [-0.05, 0) is 18.9 Å². The first-order chi connectivity index (χ1) is 9.31. The van der Waals surface area contributed by atoms with Crippen molar-refractivity contribution in [1.29, 1.82) is 0 Å². The average molecular weight is 263 g/mol. The summed E-state index contributed by atoms with van der Waals surface area (Å²) in [5.41, 5.74) is 1.20. The second-order valence-electron chi connectivity index (χ2n) is 4.60. The van der Waals surface area contributed by atoms with Crippen LogP contribution < -0.4 is 5.32 Å². The number of carbonyl (C=O) groups is 1. The van der Waals surface area contributed by atoms with Crippen LogP contribution in [0.25, 0.3) is 0 Å². The van der Waals surface area contributed by atoms with Crippen molar-refractivity contribution in [3.63, 3.8) is 0 Å². The smallest absolute Gasteiger partial charge is 0.305 e. The Labute approximate surface area is 114 Å². The van der Waals surface area contributed by atoms with Crippen LogP contribution in [0.15, 0.2) is 30.3 Å². The monoisotopic (exact) mass is 263 g/mol. The van der Waals surface area contributed by atoms with E-state index in [1.54, 1.807) is 0 Å². The van der Waals surface area contributed by atoms with Crippen LogP contribution in [0.4, 0.5) is 0 Å². The van der Waals surface area contributed by atoms with Crippen LogP contribution in [0.3, 0.4) is 0 Å². The fraction of sp³-hybridized carbons (Fsp3) is 0.533. The molecule has 2 unspecified atom stereocenters. The van der Waals surface area contributed by atoms with Crippen molar-refractivity contribution in [3.05, 3.63) is 35.9 Å². The Morgan fingerprint density at radius 2 is 2.21 bits per heavy atom. The highest BCUT2D eigenvalue weighted by Crippen LogP contribution is 2.25. The highest BCUT2D eigenvalue weighted by Gasteiger charge is 2.27. The van der Waals surface area contributed by atoms with Gasteiger partial charge < -0.3 is 14.8 Å². The number of rotatable bonds is 5. The molecule has 1 N–H and O–H groups in total. The summed E-state index contributed by atoms with van der Waals surface area (Å²) in [6.45, 7) is 3.79. The average Bonchev–Trinajstić information content (AvgIpc) is 2.47. The molecule has 1 heterocycles. The first-order valence-corrected chi connectivity index (χ1v) is 6.87. The molecular formula is C15H21NO3. The van der Waals surface area contributed by atoms with Crippen molar-refractivity contribution in [1.82, 2.24) is 5.32 Å². The topological polar surface area (TPSA) is 47.6 Å². The van der Waals surface area contributed by atoms with Gasteiger partial charge in [0.25, 0.3) is 0 Å². The molecule has 19 heavy (non-hydrogen) atoms. The Hall–Kier alpha value is -1.39. The van der Waals surface area contributed by atoms with Gasteiger partial charge in [-0.25, -0.2) is 0 Å². The van der Waals surface area contributed by atoms with Crippen molar-refractivity contribution < 1.29 is 14.3 Å². The quantitative estimate of drug-likeness (QED) is 0.826. The van der Waals surface area contributed by atoms with Crippen LogP contribution in [-0.2, 0) is 14.3 Å². The standard InChI is InChI=1S/C15H21NO3/c1-2-18-14(17)9-8-13-15(16-10-11-19-13)12-6-4-3-5-7-12/h3-7,13,15-16H,2,8-11H2,1H3. The Morgan fingerprint density at radius 3 is 2.95 bits per heavy atom. The molecule has 1 aliphatic rings. The summed E-state index contributed by atoms with van der Waals surface area (Å²) in [5, 5.41) is 3.46. The lowest BCUT2D eigenvalue weighted by atomic mass is 9.97. The Balaban J connectivity index is 1.95. The second-order valence-corrected chi connectivity index (χ2v) is 4.60. The lowest BCUT2D eigenvalue weighted by Crippen LogP contribution is -2.42. The van der Waals surface area contributed by atoms with Crippen molar-refractivity contribution in [2.75, 3.05) is 19.8 Å². The van der Waals surface area contributed by atoms with Gasteiger partial charge >= 0.3 is 5.97 Å². The van der Waals surface area contributed by atoms with E-state index >= 15 is 0 Å². The predicted octanol–water partition coefficient (Wildman–Crippen LogP) is 2.06. The molecule has 1 saturated heterocycles. The molecule has 0 aromatic heterocycles. The van der Waals surface area contributed by atoms with E-state index in [1.807, 2.05) is 25.1 Å². The number of hydrogen-bond acceptors (Lipinski definition) is 4. The largest absolute Gasteiger partial charge is 0.466 e. The molecule has 0 amide bonds. The van der Waals surface area contributed by atoms with Crippen molar-refractivity contribution >= 4 is 5.97 Å². The van der Waals surface area contributed by atoms with Gasteiger partial charge in [0.2, 0.25) is 0 Å². The third-order valence-corrected chi connectivity index (χ3v) is 3.27. The molecule has 0 spiro atoms. The summed E-state index contributed by atoms with van der Waals surface area (Å²) in [4.78, 5) is 11.4. The first-order valence-electron chi connectivity index (χ1n) is 6.87. The van der Waals surface area contributed by atoms with Crippen molar-refractivity contribution in [3.8, 4) is 0 Å². The summed E-state index contributed by atoms with van der Waals surface area (Å²) < 4.78 is 10.8. The van der Waals surface area contributed by atoms with Crippen LogP contribution in [0.1, 0.15) is 31.4 Å². The van der Waals surface area contributed by atoms with Crippen LogP contribution in [0.5, 0.6) is 0 Å². The number of benzene rings is 1. The van der Waals surface area contributed by atoms with Gasteiger partial charge in [-0.15, -0.1) is 0 Å². The maximum Gasteiger partial charge on any atom is 0.305 e. The fourth-order valence-corrected chi connectivity index (χ4v) is 2.39. The summed E-state index contributed by atoms with van der Waals surface area (Å²) in [6.07, 6.45) is 1.12. The van der Waals surface area contributed by atoms with E-state index in [2.05, 4.69) is 17.4 Å². The van der Waals surface area contributed by atoms with Crippen LogP contribution in [0.2, 0.25) is 0 Å². The van der Waals surface area contributed by atoms with E-state index in [0.29, 0.717) is 26.1 Å². The van der Waals surface area contributed by atoms with E-state index in [9.17, 15) is 4.79 Å². The number of nitrogens with one attached hydrogen (secondary N) is 1. The van der Waals surface area contributed by atoms with Gasteiger partial charge in [0.15, 0.2) is 0 Å². The van der Waals surface area contributed by atoms with Crippen molar-refractivity contribution in [2.45, 2.75) is 31.9 Å². The third kappa shape index (κ3) is 4.04. The number of ether oxygens (including phenoxy) is 2. The zero-order chi connectivity index (χ0) is 13.5. The van der Waals surface area contributed by atoms with E-state index in [1.165, 1.54) is 5.56 Å². The lowest BCUT2D eigenvalue weighted by Gasteiger charge is -2.33. The van der Waals surface area contributed by atoms with Gasteiger partial charge in [0, 0.05) is 13.0 Å². The minimum Gasteiger partial charge on any atom is -0.466 e. The molecule has 0 saturated carbocycles. The SMILES string of the molecule is CCOC(=O)CCC1OCCNC1c1ccccc1. The molecule has 1 aromatic carbocycles. The van der Waals surface area contributed by atoms with Crippen LogP contribution >= 0.6 is 0 Å². The molecule has 4 nitrogen and oxygen atoms in total. The molecule has 1 fully saturated rings. The minimum atomic E-state index is -0.150. The molecule has 0 bridgehead atoms. The van der Waals surface area contributed by atoms with E-state index in [4.69, 9.17) is 9.47 Å². The van der Waals surface area contributed by atoms with Crippen LogP contribution in [-0.4, -0.2) is 31.8 Å². The van der Waals surface area contributed by atoms with Gasteiger partial charge in [0.1, 0.15) is 0 Å². The third-order valence-electron chi connectivity index (χ3n) is 3.27. The lowest BCUT2D eigenvalue weighted by molar-refractivity contribution is -0.144. The molecular weight excluding hydrogens is 242 g/mol. The molecule has 2 atom stereocenters. The van der Waals surface area contributed by atoms with Crippen molar-refractivity contribution in [2.24, 2.45) is 0 Å². The number of morpholine rings is 1. The highest BCUT2D eigenvalue weighted by molar-refractivity contribution is 5.69. The van der Waals surface area contributed by atoms with Gasteiger partial charge in [-0.2, -0.15) is 0 Å². The number of esters is 1. The fourth-order valence-electron chi connectivity index (χ4n) is 2.39. The summed E-state index contributed by atoms with van der Waals surface area (Å²) in [5.74, 6) is -0.150. The number of carbonyl (C=O) groups excluding carboxylic acids is 1. The Kier molecular flexibility index (Phi) is 5.36. The Bertz CT molecular complexity index is 394. The normalized spacial score (nSPS) is 23.0.